The van der Waals surface area contributed by atoms with Crippen molar-refractivity contribution in [2.45, 2.75) is 63.3 Å². The van der Waals surface area contributed by atoms with Gasteiger partial charge in [0, 0.05) is 25.2 Å². The Morgan fingerprint density at radius 2 is 1.84 bits per heavy atom. The third kappa shape index (κ3) is 5.34. The Morgan fingerprint density at radius 1 is 1.16 bits per heavy atom. The fourth-order valence-corrected chi connectivity index (χ4v) is 7.28. The van der Waals surface area contributed by atoms with Crippen LogP contribution in [0.3, 0.4) is 0 Å². The van der Waals surface area contributed by atoms with E-state index in [1.165, 1.54) is 23.4 Å². The molecule has 2 aromatic rings. The first-order chi connectivity index (χ1) is 17.3. The van der Waals surface area contributed by atoms with Crippen molar-refractivity contribution in [3.05, 3.63) is 40.2 Å². The summed E-state index contributed by atoms with van der Waals surface area (Å²) in [6.45, 7) is 3.26. The number of fused-ring (bicyclic) bond motifs is 1. The van der Waals surface area contributed by atoms with Gasteiger partial charge in [-0.15, -0.1) is 0 Å². The van der Waals surface area contributed by atoms with Crippen molar-refractivity contribution >= 4 is 15.9 Å². The highest BCUT2D eigenvalue weighted by molar-refractivity contribution is 7.89. The normalized spacial score (nSPS) is 18.8. The first-order valence-corrected chi connectivity index (χ1v) is 13.4. The molecule has 1 unspecified atom stereocenters. The van der Waals surface area contributed by atoms with E-state index in [0.717, 1.165) is 11.1 Å². The van der Waals surface area contributed by atoms with Crippen LogP contribution in [0.15, 0.2) is 17.0 Å². The Bertz CT molecular complexity index is 1270. The van der Waals surface area contributed by atoms with Crippen molar-refractivity contribution in [1.29, 1.82) is 0 Å². The van der Waals surface area contributed by atoms with Gasteiger partial charge in [-0.2, -0.15) is 22.6 Å². The second kappa shape index (κ2) is 10.3. The minimum atomic E-state index is -4.60. The zero-order valence-electron chi connectivity index (χ0n) is 21.3. The molecule has 37 heavy (non-hydrogen) atoms. The highest BCUT2D eigenvalue weighted by Crippen LogP contribution is 2.36. The van der Waals surface area contributed by atoms with Crippen molar-refractivity contribution in [3.63, 3.8) is 0 Å². The molecular formula is C24H31F3N4O5S. The van der Waals surface area contributed by atoms with Gasteiger partial charge < -0.3 is 14.4 Å². The van der Waals surface area contributed by atoms with Crippen molar-refractivity contribution < 1.29 is 35.9 Å². The Balaban J connectivity index is 1.41. The summed E-state index contributed by atoms with van der Waals surface area (Å²) in [7, 11) is -0.888. The largest absolute Gasteiger partial charge is 0.497 e. The van der Waals surface area contributed by atoms with Gasteiger partial charge in [-0.1, -0.05) is 6.42 Å². The number of carbonyl (C=O) groups is 1. The first-order valence-electron chi connectivity index (χ1n) is 12.0. The molecule has 204 valence electrons. The molecule has 13 heteroatoms. The first kappa shape index (κ1) is 27.4. The number of ether oxygens (including phenoxy) is 2. The molecule has 9 nitrogen and oxygen atoms in total. The number of hydrogen-bond donors (Lipinski definition) is 0. The molecular weight excluding hydrogens is 513 g/mol. The van der Waals surface area contributed by atoms with Crippen LogP contribution in [0.5, 0.6) is 5.75 Å². The summed E-state index contributed by atoms with van der Waals surface area (Å²) >= 11 is 0. The van der Waals surface area contributed by atoms with Crippen LogP contribution in [-0.2, 0) is 45.9 Å². The van der Waals surface area contributed by atoms with Crippen LogP contribution in [-0.4, -0.2) is 66.2 Å². The maximum atomic E-state index is 13.6. The van der Waals surface area contributed by atoms with E-state index in [1.807, 2.05) is 0 Å². The summed E-state index contributed by atoms with van der Waals surface area (Å²) < 4.78 is 80.6. The van der Waals surface area contributed by atoms with E-state index in [1.54, 1.807) is 26.0 Å². The predicted octanol–water partition coefficient (Wildman–Crippen LogP) is 3.17. The average molecular weight is 545 g/mol. The second-order valence-electron chi connectivity index (χ2n) is 9.52. The van der Waals surface area contributed by atoms with Crippen LogP contribution in [0.25, 0.3) is 0 Å². The average Bonchev–Trinajstić information content (AvgIpc) is 3.39. The van der Waals surface area contributed by atoms with E-state index in [2.05, 4.69) is 5.10 Å². The number of alkyl halides is 3. The lowest BCUT2D eigenvalue weighted by molar-refractivity contribution is -0.143. The van der Waals surface area contributed by atoms with Crippen LogP contribution in [0.4, 0.5) is 13.2 Å². The molecule has 3 heterocycles. The Hall–Kier alpha value is -2.64. The van der Waals surface area contributed by atoms with Gasteiger partial charge in [-0.3, -0.25) is 9.48 Å². The lowest BCUT2D eigenvalue weighted by Gasteiger charge is -2.35. The van der Waals surface area contributed by atoms with Crippen molar-refractivity contribution in [1.82, 2.24) is 19.0 Å². The molecule has 0 N–H and O–H groups in total. The number of methoxy groups -OCH3 is 1. The molecule has 0 saturated carbocycles. The van der Waals surface area contributed by atoms with Crippen LogP contribution < -0.4 is 4.74 Å². The number of halogens is 3. The summed E-state index contributed by atoms with van der Waals surface area (Å²) in [4.78, 5) is 14.3. The number of carbonyl (C=O) groups excluding carboxylic acids is 1. The second-order valence-corrected chi connectivity index (χ2v) is 11.3. The van der Waals surface area contributed by atoms with Crippen molar-refractivity contribution in [2.75, 3.05) is 26.9 Å². The van der Waals surface area contributed by atoms with Crippen LogP contribution in [0.2, 0.25) is 0 Å². The number of amides is 1. The number of rotatable bonds is 7. The molecule has 1 fully saturated rings. The number of sulfonamides is 1. The van der Waals surface area contributed by atoms with Gasteiger partial charge in [0.2, 0.25) is 15.9 Å². The monoisotopic (exact) mass is 544 g/mol. The third-order valence-electron chi connectivity index (χ3n) is 6.93. The summed E-state index contributed by atoms with van der Waals surface area (Å²) in [5.74, 6) is 0.115. The molecule has 0 bridgehead atoms. The standard InChI is InChI=1S/C24H31F3N4O5S/c1-15-9-18(35-4)10-16(2)22(15)37(33,34)31-8-6-5-7-17(31)13-36-14-21(32)30-11-19-20(12-30)29(3)28-23(19)24(25,26)27/h9-10,17H,5-8,11-14H2,1-4H3. The van der Waals surface area contributed by atoms with E-state index in [0.29, 0.717) is 42.0 Å². The van der Waals surface area contributed by atoms with Crippen LogP contribution >= 0.6 is 0 Å². The minimum absolute atomic E-state index is 0.00173. The van der Waals surface area contributed by atoms with Gasteiger partial charge in [-0.25, -0.2) is 8.42 Å². The van der Waals surface area contributed by atoms with E-state index in [4.69, 9.17) is 9.47 Å². The quantitative estimate of drug-likeness (QED) is 0.532. The van der Waals surface area contributed by atoms with Gasteiger partial charge in [-0.05, 0) is 49.9 Å². The lowest BCUT2D eigenvalue weighted by atomic mass is 10.1. The summed E-state index contributed by atoms with van der Waals surface area (Å²) in [6.07, 6.45) is -2.48. The Morgan fingerprint density at radius 3 is 2.46 bits per heavy atom. The fraction of sp³-hybridized carbons (Fsp3) is 0.583. The van der Waals surface area contributed by atoms with Gasteiger partial charge in [0.05, 0.1) is 37.4 Å². The molecule has 0 spiro atoms. The van der Waals surface area contributed by atoms with E-state index in [-0.39, 0.29) is 36.8 Å². The molecule has 2 aliphatic heterocycles. The number of benzene rings is 1. The maximum absolute atomic E-state index is 13.6. The fourth-order valence-electron chi connectivity index (χ4n) is 5.18. The van der Waals surface area contributed by atoms with Crippen LogP contribution in [0.1, 0.15) is 47.3 Å². The van der Waals surface area contributed by atoms with Crippen molar-refractivity contribution in [2.24, 2.45) is 7.05 Å². The molecule has 2 aliphatic rings. The Kier molecular flexibility index (Phi) is 7.59. The zero-order valence-corrected chi connectivity index (χ0v) is 22.1. The van der Waals surface area contributed by atoms with Gasteiger partial charge >= 0.3 is 6.18 Å². The van der Waals surface area contributed by atoms with Gasteiger partial charge in [0.1, 0.15) is 12.4 Å². The zero-order chi connectivity index (χ0) is 27.1. The smallest absolute Gasteiger partial charge is 0.435 e. The summed E-state index contributed by atoms with van der Waals surface area (Å²) in [5, 5.41) is 3.55. The summed E-state index contributed by atoms with van der Waals surface area (Å²) in [6, 6.07) is 2.91. The summed E-state index contributed by atoms with van der Waals surface area (Å²) in [5.41, 5.74) is 0.527. The number of aryl methyl sites for hydroxylation is 3. The molecule has 4 rings (SSSR count). The van der Waals surface area contributed by atoms with Crippen molar-refractivity contribution in [3.8, 4) is 5.75 Å². The molecule has 1 aromatic carbocycles. The minimum Gasteiger partial charge on any atom is -0.497 e. The number of piperidine rings is 1. The molecule has 0 aliphatic carbocycles. The number of nitrogens with zero attached hydrogens (tertiary/aromatic N) is 4. The molecule has 1 saturated heterocycles. The lowest BCUT2D eigenvalue weighted by Crippen LogP contribution is -2.46. The van der Waals surface area contributed by atoms with E-state index >= 15 is 0 Å². The van der Waals surface area contributed by atoms with Gasteiger partial charge in [0.15, 0.2) is 5.69 Å². The number of hydrogen-bond acceptors (Lipinski definition) is 6. The van der Waals surface area contributed by atoms with E-state index < -0.39 is 33.8 Å². The number of aromatic nitrogens is 2. The molecule has 1 aromatic heterocycles. The SMILES string of the molecule is COc1cc(C)c(S(=O)(=O)N2CCCCC2COCC(=O)N2Cc3c(C(F)(F)F)nn(C)c3C2)c(C)c1. The highest BCUT2D eigenvalue weighted by atomic mass is 32.2. The highest BCUT2D eigenvalue weighted by Gasteiger charge is 2.42. The topological polar surface area (TPSA) is 94.0 Å². The molecule has 0 radical (unpaired) electrons. The predicted molar refractivity (Wildman–Crippen MR) is 127 cm³/mol. The Labute approximate surface area is 214 Å². The van der Waals surface area contributed by atoms with E-state index in [9.17, 15) is 26.4 Å². The van der Waals surface area contributed by atoms with Crippen LogP contribution in [0, 0.1) is 13.8 Å². The maximum Gasteiger partial charge on any atom is 0.435 e. The molecule has 1 atom stereocenters. The molecule has 1 amide bonds. The van der Waals surface area contributed by atoms with Gasteiger partial charge in [0.25, 0.3) is 0 Å². The third-order valence-corrected chi connectivity index (χ3v) is 9.19.